The fraction of sp³-hybridized carbons (Fsp3) is 0. The lowest BCUT2D eigenvalue weighted by molar-refractivity contribution is 0.0733. The van der Waals surface area contributed by atoms with Crippen molar-refractivity contribution in [3.05, 3.63) is 95.6 Å². The minimum absolute atomic E-state index is 0.172. The Morgan fingerprint density at radius 3 is 2.15 bits per heavy atom. The smallest absolute Gasteiger partial charge is 0.343 e. The molecule has 3 aromatic rings. The highest BCUT2D eigenvalue weighted by molar-refractivity contribution is 6.09. The van der Waals surface area contributed by atoms with E-state index in [9.17, 15) is 9.59 Å². The van der Waals surface area contributed by atoms with Gasteiger partial charge in [-0.2, -0.15) is 0 Å². The van der Waals surface area contributed by atoms with Crippen LogP contribution in [0, 0.1) is 0 Å². The average molecular weight is 358 g/mol. The summed E-state index contributed by atoms with van der Waals surface area (Å²) in [6.45, 7) is 0. The molecule has 0 aliphatic rings. The van der Waals surface area contributed by atoms with E-state index in [4.69, 9.17) is 16.2 Å². The minimum Gasteiger partial charge on any atom is -0.422 e. The number of esters is 1. The maximum atomic E-state index is 12.5. The van der Waals surface area contributed by atoms with Gasteiger partial charge in [0.1, 0.15) is 5.75 Å². The number of para-hydroxylation sites is 1. The summed E-state index contributed by atoms with van der Waals surface area (Å²) in [7, 11) is 0. The molecule has 5 nitrogen and oxygen atoms in total. The molecule has 3 rings (SSSR count). The van der Waals surface area contributed by atoms with E-state index in [1.54, 1.807) is 36.4 Å². The van der Waals surface area contributed by atoms with Gasteiger partial charge in [0.25, 0.3) is 0 Å². The molecule has 0 saturated carbocycles. The molecule has 0 amide bonds. The Kier molecular flexibility index (Phi) is 5.33. The van der Waals surface area contributed by atoms with Crippen LogP contribution in [0.5, 0.6) is 5.75 Å². The molecule has 0 bridgehead atoms. The Balaban J connectivity index is 1.82. The molecule has 134 valence electrons. The number of carbonyl (C=O) groups is 2. The maximum absolute atomic E-state index is 12.5. The van der Waals surface area contributed by atoms with Crippen molar-refractivity contribution in [2.45, 2.75) is 0 Å². The number of benzene rings is 3. The lowest BCUT2D eigenvalue weighted by Gasteiger charge is -2.09. The lowest BCUT2D eigenvalue weighted by Crippen LogP contribution is -2.12. The van der Waals surface area contributed by atoms with Gasteiger partial charge in [-0.05, 0) is 42.0 Å². The van der Waals surface area contributed by atoms with Crippen LogP contribution in [0.3, 0.4) is 0 Å². The molecule has 3 aromatic carbocycles. The maximum Gasteiger partial charge on any atom is 0.343 e. The number of ketones is 1. The Bertz CT molecular complexity index is 991. The molecule has 0 spiro atoms. The van der Waals surface area contributed by atoms with Crippen molar-refractivity contribution in [1.82, 2.24) is 0 Å². The van der Waals surface area contributed by atoms with Crippen LogP contribution in [0.1, 0.15) is 26.3 Å². The van der Waals surface area contributed by atoms with Crippen molar-refractivity contribution in [3.63, 3.8) is 0 Å². The number of hydrogen-bond donors (Lipinski definition) is 2. The first-order chi connectivity index (χ1) is 13.0. The van der Waals surface area contributed by atoms with Gasteiger partial charge >= 0.3 is 5.97 Å². The van der Waals surface area contributed by atoms with E-state index in [0.717, 1.165) is 5.56 Å². The monoisotopic (exact) mass is 358 g/mol. The van der Waals surface area contributed by atoms with E-state index in [0.29, 0.717) is 11.4 Å². The standard InChI is InChI=1S/C22H18N2O3/c23-17-12-16(13-18(24)14-17)22(26)27-21-9-5-4-8-19(21)20(25)11-10-15-6-2-1-3-7-15/h1-14H,23-24H2. The van der Waals surface area contributed by atoms with Gasteiger partial charge in [-0.3, -0.25) is 4.79 Å². The van der Waals surface area contributed by atoms with Gasteiger partial charge in [-0.25, -0.2) is 4.79 Å². The number of nitrogens with two attached hydrogens (primary N) is 2. The summed E-state index contributed by atoms with van der Waals surface area (Å²) in [5, 5.41) is 0. The number of nitrogen functional groups attached to an aromatic ring is 2. The van der Waals surface area contributed by atoms with Gasteiger partial charge < -0.3 is 16.2 Å². The summed E-state index contributed by atoms with van der Waals surface area (Å²) < 4.78 is 5.41. The minimum atomic E-state index is -0.638. The van der Waals surface area contributed by atoms with Crippen molar-refractivity contribution in [2.75, 3.05) is 11.5 Å². The number of anilines is 2. The zero-order valence-corrected chi connectivity index (χ0v) is 14.5. The van der Waals surface area contributed by atoms with E-state index in [2.05, 4.69) is 0 Å². The average Bonchev–Trinajstić information content (AvgIpc) is 2.66. The van der Waals surface area contributed by atoms with Gasteiger partial charge in [0, 0.05) is 11.4 Å². The number of ether oxygens (including phenoxy) is 1. The molecule has 0 atom stereocenters. The predicted molar refractivity (Wildman–Crippen MR) is 106 cm³/mol. The summed E-state index contributed by atoms with van der Waals surface area (Å²) in [5.74, 6) is -0.734. The largest absolute Gasteiger partial charge is 0.422 e. The van der Waals surface area contributed by atoms with Crippen molar-refractivity contribution in [3.8, 4) is 5.75 Å². The molecule has 0 radical (unpaired) electrons. The highest BCUT2D eigenvalue weighted by atomic mass is 16.5. The molecule has 0 saturated heterocycles. The highest BCUT2D eigenvalue weighted by Crippen LogP contribution is 2.22. The van der Waals surface area contributed by atoms with E-state index in [1.165, 1.54) is 18.2 Å². The number of hydrogen-bond acceptors (Lipinski definition) is 5. The molecule has 5 heteroatoms. The van der Waals surface area contributed by atoms with Crippen molar-refractivity contribution in [2.24, 2.45) is 0 Å². The first-order valence-corrected chi connectivity index (χ1v) is 8.27. The first kappa shape index (κ1) is 17.9. The third-order valence-electron chi connectivity index (χ3n) is 3.80. The Morgan fingerprint density at radius 1 is 0.815 bits per heavy atom. The van der Waals surface area contributed by atoms with Crippen molar-refractivity contribution in [1.29, 1.82) is 0 Å². The van der Waals surface area contributed by atoms with Crippen LogP contribution in [0.15, 0.2) is 78.9 Å². The summed E-state index contributed by atoms with van der Waals surface area (Å²) in [5.41, 5.74) is 13.5. The fourth-order valence-electron chi connectivity index (χ4n) is 2.54. The second kappa shape index (κ2) is 8.01. The highest BCUT2D eigenvalue weighted by Gasteiger charge is 2.15. The Hall–Kier alpha value is -3.86. The van der Waals surface area contributed by atoms with Crippen LogP contribution in [0.2, 0.25) is 0 Å². The van der Waals surface area contributed by atoms with Gasteiger partial charge in [-0.1, -0.05) is 48.5 Å². The van der Waals surface area contributed by atoms with Crippen LogP contribution in [-0.4, -0.2) is 11.8 Å². The molecule has 0 aromatic heterocycles. The molecule has 0 heterocycles. The summed E-state index contributed by atoms with van der Waals surface area (Å²) in [6.07, 6.45) is 3.15. The molecule has 0 aliphatic heterocycles. The molecule has 4 N–H and O–H groups in total. The zero-order valence-electron chi connectivity index (χ0n) is 14.5. The molecule has 0 fully saturated rings. The van der Waals surface area contributed by atoms with E-state index < -0.39 is 5.97 Å². The number of rotatable bonds is 5. The Morgan fingerprint density at radius 2 is 1.44 bits per heavy atom. The third kappa shape index (κ3) is 4.61. The second-order valence-corrected chi connectivity index (χ2v) is 5.88. The van der Waals surface area contributed by atoms with Crippen molar-refractivity contribution < 1.29 is 14.3 Å². The normalized spacial score (nSPS) is 10.7. The first-order valence-electron chi connectivity index (χ1n) is 8.27. The van der Waals surface area contributed by atoms with Crippen LogP contribution in [0.25, 0.3) is 6.08 Å². The topological polar surface area (TPSA) is 95.4 Å². The SMILES string of the molecule is Nc1cc(N)cc(C(=O)Oc2ccccc2C(=O)C=Cc2ccccc2)c1. The molecule has 27 heavy (non-hydrogen) atoms. The Labute approximate surface area is 156 Å². The van der Waals surface area contributed by atoms with E-state index in [-0.39, 0.29) is 22.7 Å². The van der Waals surface area contributed by atoms with Crippen LogP contribution in [-0.2, 0) is 0 Å². The summed E-state index contributed by atoms with van der Waals surface area (Å²) >= 11 is 0. The van der Waals surface area contributed by atoms with Crippen molar-refractivity contribution >= 4 is 29.2 Å². The number of carbonyl (C=O) groups excluding carboxylic acids is 2. The van der Waals surface area contributed by atoms with Crippen LogP contribution < -0.4 is 16.2 Å². The van der Waals surface area contributed by atoms with Gasteiger partial charge in [-0.15, -0.1) is 0 Å². The summed E-state index contributed by atoms with van der Waals surface area (Å²) in [4.78, 5) is 25.0. The lowest BCUT2D eigenvalue weighted by atomic mass is 10.1. The molecule has 0 unspecified atom stereocenters. The van der Waals surface area contributed by atoms with Crippen LogP contribution in [0.4, 0.5) is 11.4 Å². The summed E-state index contributed by atoms with van der Waals surface area (Å²) in [6, 6.07) is 20.5. The van der Waals surface area contributed by atoms with E-state index >= 15 is 0 Å². The van der Waals surface area contributed by atoms with Gasteiger partial charge in [0.2, 0.25) is 0 Å². The zero-order chi connectivity index (χ0) is 19.2. The third-order valence-corrected chi connectivity index (χ3v) is 3.80. The van der Waals surface area contributed by atoms with Gasteiger partial charge in [0.15, 0.2) is 5.78 Å². The molecular formula is C22H18N2O3. The predicted octanol–water partition coefficient (Wildman–Crippen LogP) is 3.97. The molecule has 0 aliphatic carbocycles. The van der Waals surface area contributed by atoms with E-state index in [1.807, 2.05) is 30.3 Å². The number of allylic oxidation sites excluding steroid dienone is 1. The molecular weight excluding hydrogens is 340 g/mol. The fourth-order valence-corrected chi connectivity index (χ4v) is 2.54. The quantitative estimate of drug-likeness (QED) is 0.237. The second-order valence-electron chi connectivity index (χ2n) is 5.88. The van der Waals surface area contributed by atoms with Crippen LogP contribution >= 0.6 is 0 Å². The van der Waals surface area contributed by atoms with Gasteiger partial charge in [0.05, 0.1) is 11.1 Å².